The quantitative estimate of drug-likeness (QED) is 0.433. The van der Waals surface area contributed by atoms with E-state index in [2.05, 4.69) is 33.2 Å². The summed E-state index contributed by atoms with van der Waals surface area (Å²) in [6.07, 6.45) is 8.95. The number of para-hydroxylation sites is 1. The number of imidazole rings is 1. The number of aryl methyl sites for hydroxylation is 1. The second-order valence-corrected chi connectivity index (χ2v) is 13.9. The molecule has 7 rings (SSSR count). The fraction of sp³-hybridized carbons (Fsp3) is 0.556. The lowest BCUT2D eigenvalue weighted by molar-refractivity contribution is -0.143. The van der Waals surface area contributed by atoms with Gasteiger partial charge in [-0.15, -0.1) is 0 Å². The summed E-state index contributed by atoms with van der Waals surface area (Å²) in [6.45, 7) is 8.74. The Hall–Kier alpha value is -4.16. The monoisotopic (exact) mass is 656 g/mol. The molecule has 1 N–H and O–H groups in total. The summed E-state index contributed by atoms with van der Waals surface area (Å²) >= 11 is 0. The number of anilines is 1. The van der Waals surface area contributed by atoms with Crippen LogP contribution in [0.1, 0.15) is 42.4 Å². The molecule has 2 aromatic heterocycles. The van der Waals surface area contributed by atoms with Crippen molar-refractivity contribution in [3.05, 3.63) is 65.6 Å². The van der Waals surface area contributed by atoms with E-state index >= 15 is 0 Å². The normalized spacial score (nSPS) is 21.1. The number of rotatable bonds is 6. The lowest BCUT2D eigenvalue weighted by atomic mass is 10.0. The van der Waals surface area contributed by atoms with Crippen LogP contribution in [-0.2, 0) is 22.4 Å². The lowest BCUT2D eigenvalue weighted by Crippen LogP contribution is -2.56. The smallest absolute Gasteiger partial charge is 0.410 e. The maximum atomic E-state index is 14.1. The molecule has 48 heavy (non-hydrogen) atoms. The van der Waals surface area contributed by atoms with E-state index in [-0.39, 0.29) is 18.0 Å². The molecule has 1 aromatic carbocycles. The van der Waals surface area contributed by atoms with Crippen LogP contribution in [-0.4, -0.2) is 136 Å². The van der Waals surface area contributed by atoms with Crippen molar-refractivity contribution in [2.45, 2.75) is 63.6 Å². The maximum Gasteiger partial charge on any atom is 0.410 e. The van der Waals surface area contributed by atoms with Gasteiger partial charge in [0.2, 0.25) is 0 Å². The molecule has 0 aliphatic carbocycles. The van der Waals surface area contributed by atoms with Gasteiger partial charge in [-0.1, -0.05) is 24.3 Å². The van der Waals surface area contributed by atoms with E-state index in [1.165, 1.54) is 0 Å². The van der Waals surface area contributed by atoms with E-state index < -0.39 is 12.2 Å². The van der Waals surface area contributed by atoms with Gasteiger partial charge in [-0.3, -0.25) is 9.69 Å². The predicted octanol–water partition coefficient (Wildman–Crippen LogP) is 3.48. The zero-order valence-corrected chi connectivity index (χ0v) is 28.2. The Kier molecular flexibility index (Phi) is 9.54. The van der Waals surface area contributed by atoms with Crippen LogP contribution < -0.4 is 5.32 Å². The van der Waals surface area contributed by atoms with Crippen molar-refractivity contribution in [3.63, 3.8) is 0 Å². The second kappa shape index (κ2) is 14.1. The minimum atomic E-state index is -0.930. The molecule has 3 fully saturated rings. The van der Waals surface area contributed by atoms with Crippen LogP contribution in [0.4, 0.5) is 15.3 Å². The van der Waals surface area contributed by atoms with E-state index in [4.69, 9.17) is 4.74 Å². The standard InChI is InChI=1S/C36H48N8O4/c1-26-23-27(25-43-18-12-37-33(26)43)24-32(34(45)41-21-19-40(20-22-41)29-8-13-39(2)14-9-29)48-36(47)42-15-10-30(11-16-42)44-17-7-28-5-3-4-6-31(28)38-35(44)46/h3-6,12,18,23,25,29-30,32H,7-11,13-17,19-22,24H2,1-2H3,(H,38,46)/t32-/m1/s1. The predicted molar refractivity (Wildman–Crippen MR) is 183 cm³/mol. The molecular weight excluding hydrogens is 608 g/mol. The molecule has 0 bridgehead atoms. The van der Waals surface area contributed by atoms with Gasteiger partial charge in [-0.05, 0) is 81.9 Å². The van der Waals surface area contributed by atoms with Gasteiger partial charge in [0.1, 0.15) is 5.65 Å². The first-order valence-corrected chi connectivity index (χ1v) is 17.6. The molecule has 4 aliphatic rings. The molecule has 12 heteroatoms. The molecule has 12 nitrogen and oxygen atoms in total. The number of piperidine rings is 2. The number of fused-ring (bicyclic) bond motifs is 2. The number of pyridine rings is 1. The Morgan fingerprint density at radius 1 is 0.938 bits per heavy atom. The summed E-state index contributed by atoms with van der Waals surface area (Å²) in [5.41, 5.74) is 4.79. The Balaban J connectivity index is 0.996. The van der Waals surface area contributed by atoms with Gasteiger partial charge >= 0.3 is 12.1 Å². The van der Waals surface area contributed by atoms with Crippen LogP contribution in [0.3, 0.4) is 0 Å². The van der Waals surface area contributed by atoms with E-state index in [0.29, 0.717) is 58.0 Å². The number of piperazine rings is 1. The number of carbonyl (C=O) groups excluding carboxylic acids is 3. The summed E-state index contributed by atoms with van der Waals surface area (Å²) in [4.78, 5) is 55.7. The number of likely N-dealkylation sites (tertiary alicyclic amines) is 2. The fourth-order valence-corrected chi connectivity index (χ4v) is 7.95. The number of nitrogens with zero attached hydrogens (tertiary/aromatic N) is 7. The van der Waals surface area contributed by atoms with Gasteiger partial charge in [-0.2, -0.15) is 0 Å². The molecule has 3 saturated heterocycles. The Bertz CT molecular complexity index is 1620. The Labute approximate surface area is 282 Å². The third-order valence-corrected chi connectivity index (χ3v) is 10.8. The molecular formula is C36H48N8O4. The van der Waals surface area contributed by atoms with Crippen LogP contribution in [0, 0.1) is 6.92 Å². The molecule has 3 aromatic rings. The van der Waals surface area contributed by atoms with Crippen molar-refractivity contribution in [2.24, 2.45) is 0 Å². The van der Waals surface area contributed by atoms with Gasteiger partial charge < -0.3 is 34.1 Å². The number of amides is 4. The molecule has 0 spiro atoms. The fourth-order valence-electron chi connectivity index (χ4n) is 7.95. The number of hydrogen-bond acceptors (Lipinski definition) is 7. The van der Waals surface area contributed by atoms with Crippen LogP contribution in [0.25, 0.3) is 5.65 Å². The topological polar surface area (TPSA) is 106 Å². The number of nitrogens with one attached hydrogen (secondary N) is 1. The first kappa shape index (κ1) is 32.4. The lowest BCUT2D eigenvalue weighted by Gasteiger charge is -2.42. The zero-order valence-electron chi connectivity index (χ0n) is 28.2. The minimum Gasteiger partial charge on any atom is -0.436 e. The average molecular weight is 657 g/mol. The highest BCUT2D eigenvalue weighted by molar-refractivity contribution is 5.91. The van der Waals surface area contributed by atoms with E-state index in [0.717, 1.165) is 73.5 Å². The highest BCUT2D eigenvalue weighted by Crippen LogP contribution is 2.26. The van der Waals surface area contributed by atoms with Gasteiger partial charge in [0.25, 0.3) is 5.91 Å². The highest BCUT2D eigenvalue weighted by atomic mass is 16.6. The van der Waals surface area contributed by atoms with E-state index in [9.17, 15) is 14.4 Å². The van der Waals surface area contributed by atoms with Gasteiger partial charge in [0, 0.05) is 88.6 Å². The first-order valence-electron chi connectivity index (χ1n) is 17.6. The summed E-state index contributed by atoms with van der Waals surface area (Å²) in [5, 5.41) is 3.06. The third kappa shape index (κ3) is 7.00. The van der Waals surface area contributed by atoms with Gasteiger partial charge in [-0.25, -0.2) is 14.6 Å². The molecule has 0 unspecified atom stereocenters. The highest BCUT2D eigenvalue weighted by Gasteiger charge is 2.36. The molecule has 1 atom stereocenters. The summed E-state index contributed by atoms with van der Waals surface area (Å²) < 4.78 is 8.08. The number of aromatic nitrogens is 2. The molecule has 0 saturated carbocycles. The van der Waals surface area contributed by atoms with Crippen molar-refractivity contribution in [3.8, 4) is 0 Å². The molecule has 6 heterocycles. The summed E-state index contributed by atoms with van der Waals surface area (Å²) in [5.74, 6) is -0.134. The third-order valence-electron chi connectivity index (χ3n) is 10.8. The van der Waals surface area contributed by atoms with E-state index in [1.54, 1.807) is 11.1 Å². The Morgan fingerprint density at radius 2 is 1.67 bits per heavy atom. The molecule has 0 radical (unpaired) electrons. The number of urea groups is 1. The van der Waals surface area contributed by atoms with Crippen molar-refractivity contribution in [2.75, 3.05) is 71.3 Å². The maximum absolute atomic E-state index is 14.1. The van der Waals surface area contributed by atoms with Crippen molar-refractivity contribution in [1.29, 1.82) is 0 Å². The van der Waals surface area contributed by atoms with Crippen LogP contribution >= 0.6 is 0 Å². The van der Waals surface area contributed by atoms with Crippen molar-refractivity contribution >= 4 is 29.4 Å². The largest absolute Gasteiger partial charge is 0.436 e. The first-order chi connectivity index (χ1) is 23.3. The van der Waals surface area contributed by atoms with Crippen LogP contribution in [0.2, 0.25) is 0 Å². The zero-order chi connectivity index (χ0) is 33.2. The number of hydrogen-bond donors (Lipinski definition) is 1. The number of carbonyl (C=O) groups is 3. The number of benzene rings is 1. The Morgan fingerprint density at radius 3 is 2.44 bits per heavy atom. The van der Waals surface area contributed by atoms with Crippen LogP contribution in [0.5, 0.6) is 0 Å². The number of ether oxygens (including phenoxy) is 1. The second-order valence-electron chi connectivity index (χ2n) is 13.9. The molecule has 256 valence electrons. The molecule has 4 amide bonds. The minimum absolute atomic E-state index is 0.0338. The van der Waals surface area contributed by atoms with Gasteiger partial charge in [0.05, 0.1) is 0 Å². The summed E-state index contributed by atoms with van der Waals surface area (Å²) in [7, 11) is 2.18. The molecule has 4 aliphatic heterocycles. The van der Waals surface area contributed by atoms with Crippen molar-refractivity contribution < 1.29 is 19.1 Å². The van der Waals surface area contributed by atoms with E-state index in [1.807, 2.05) is 57.8 Å². The summed E-state index contributed by atoms with van der Waals surface area (Å²) in [6, 6.07) is 10.5. The average Bonchev–Trinajstić information content (AvgIpc) is 3.52. The van der Waals surface area contributed by atoms with Gasteiger partial charge in [0.15, 0.2) is 6.10 Å². The van der Waals surface area contributed by atoms with Crippen molar-refractivity contribution in [1.82, 2.24) is 33.9 Å². The van der Waals surface area contributed by atoms with Crippen LogP contribution in [0.15, 0.2) is 48.9 Å². The SMILES string of the molecule is Cc1cc(C[C@@H](OC(=O)N2CCC(N3CCc4ccccc4NC3=O)CC2)C(=O)N2CCN(C3CCN(C)CC3)CC2)cn2ccnc12.